The minimum atomic E-state index is -1.06. The van der Waals surface area contributed by atoms with Crippen LogP contribution in [0.5, 0.6) is 11.8 Å². The average Bonchev–Trinajstić information content (AvgIpc) is 3.21. The summed E-state index contributed by atoms with van der Waals surface area (Å²) in [5.74, 6) is -0.0264. The third-order valence-electron chi connectivity index (χ3n) is 7.62. The summed E-state index contributed by atoms with van der Waals surface area (Å²) in [4.78, 5) is 48.8. The molecule has 0 spiro atoms. The van der Waals surface area contributed by atoms with Gasteiger partial charge in [-0.2, -0.15) is 9.97 Å². The summed E-state index contributed by atoms with van der Waals surface area (Å²) in [6, 6.07) is 2.61. The van der Waals surface area contributed by atoms with Crippen LogP contribution in [0.25, 0.3) is 21.9 Å². The van der Waals surface area contributed by atoms with Crippen molar-refractivity contribution in [3.63, 3.8) is 0 Å². The summed E-state index contributed by atoms with van der Waals surface area (Å²) >= 11 is 0. The summed E-state index contributed by atoms with van der Waals surface area (Å²) in [7, 11) is 1.50. The van der Waals surface area contributed by atoms with Crippen LogP contribution in [0.4, 0.5) is 20.7 Å². The maximum Gasteiger partial charge on any atom is 0.414 e. The fourth-order valence-corrected chi connectivity index (χ4v) is 5.52. The van der Waals surface area contributed by atoms with Crippen LogP contribution >= 0.6 is 0 Å². The van der Waals surface area contributed by atoms with Crippen molar-refractivity contribution in [2.75, 3.05) is 29.9 Å². The minimum Gasteiger partial charge on any atom is -0.443 e. The molecule has 0 bridgehead atoms. The van der Waals surface area contributed by atoms with Crippen molar-refractivity contribution in [1.82, 2.24) is 24.9 Å². The molecule has 2 amide bonds. The molecule has 14 heteroatoms. The van der Waals surface area contributed by atoms with Crippen molar-refractivity contribution in [2.24, 2.45) is 23.3 Å². The number of nitrogens with zero attached hydrogens (tertiary/aromatic N) is 6. The Bertz CT molecular complexity index is 1700. The average molecular weight is 564 g/mol. The highest BCUT2D eigenvalue weighted by atomic mass is 19.1. The highest BCUT2D eigenvalue weighted by Gasteiger charge is 2.70. The van der Waals surface area contributed by atoms with Gasteiger partial charge < -0.3 is 30.8 Å². The van der Waals surface area contributed by atoms with Crippen molar-refractivity contribution in [3.8, 4) is 11.8 Å². The smallest absolute Gasteiger partial charge is 0.414 e. The summed E-state index contributed by atoms with van der Waals surface area (Å²) < 4.78 is 26.5. The molecular weight excluding hydrogens is 533 g/mol. The second-order valence-electron chi connectivity index (χ2n) is 11.5. The lowest BCUT2D eigenvalue weighted by atomic mass is 10.1. The van der Waals surface area contributed by atoms with E-state index < -0.39 is 29.0 Å². The van der Waals surface area contributed by atoms with E-state index in [9.17, 15) is 9.59 Å². The van der Waals surface area contributed by atoms with E-state index >= 15 is 4.39 Å². The molecule has 1 aliphatic heterocycles. The van der Waals surface area contributed by atoms with E-state index in [1.165, 1.54) is 36.5 Å². The maximum atomic E-state index is 15.1. The lowest BCUT2D eigenvalue weighted by Crippen LogP contribution is -2.47. The van der Waals surface area contributed by atoms with Gasteiger partial charge in [-0.1, -0.05) is 0 Å². The second kappa shape index (κ2) is 8.96. The summed E-state index contributed by atoms with van der Waals surface area (Å²) in [5, 5.41) is 0.981. The number of hydrogen-bond donors (Lipinski definition) is 3. The first-order valence-corrected chi connectivity index (χ1v) is 13.1. The molecule has 3 aromatic heterocycles. The molecule has 1 saturated heterocycles. The van der Waals surface area contributed by atoms with E-state index in [1.807, 2.05) is 4.90 Å². The number of piperidine rings is 1. The number of benzene rings is 1. The van der Waals surface area contributed by atoms with Crippen LogP contribution < -0.4 is 26.0 Å². The molecule has 2 aliphatic rings. The molecule has 1 saturated carbocycles. The van der Waals surface area contributed by atoms with Gasteiger partial charge in [-0.05, 0) is 39.8 Å². The number of aromatic amines is 1. The van der Waals surface area contributed by atoms with E-state index in [0.717, 1.165) is 0 Å². The molecule has 41 heavy (non-hydrogen) atoms. The number of nitrogens with one attached hydrogen (secondary N) is 1. The maximum absolute atomic E-state index is 15.1. The van der Waals surface area contributed by atoms with Crippen molar-refractivity contribution in [1.29, 1.82) is 0 Å². The van der Waals surface area contributed by atoms with Crippen LogP contribution in [0.2, 0.25) is 0 Å². The van der Waals surface area contributed by atoms with E-state index in [-0.39, 0.29) is 23.5 Å². The Kier molecular flexibility index (Phi) is 5.82. The molecule has 4 aromatic rings. The van der Waals surface area contributed by atoms with Gasteiger partial charge in [-0.15, -0.1) is 0 Å². The summed E-state index contributed by atoms with van der Waals surface area (Å²) in [6.07, 6.45) is 2.36. The number of anilines is 2. The third kappa shape index (κ3) is 4.43. The van der Waals surface area contributed by atoms with Gasteiger partial charge in [0.05, 0.1) is 29.0 Å². The number of hydrogen-bond acceptors (Lipinski definition) is 10. The zero-order chi connectivity index (χ0) is 29.4. The Morgan fingerprint density at radius 1 is 1.17 bits per heavy atom. The predicted molar refractivity (Wildman–Crippen MR) is 148 cm³/mol. The molecule has 0 radical (unpaired) electrons. The summed E-state index contributed by atoms with van der Waals surface area (Å²) in [5.41, 5.74) is 11.1. The van der Waals surface area contributed by atoms with Gasteiger partial charge in [0, 0.05) is 37.4 Å². The van der Waals surface area contributed by atoms with Crippen LogP contribution in [0, 0.1) is 24.6 Å². The van der Waals surface area contributed by atoms with Crippen molar-refractivity contribution >= 4 is 45.4 Å². The lowest BCUT2D eigenvalue weighted by Gasteiger charge is -2.25. The van der Waals surface area contributed by atoms with Gasteiger partial charge >= 0.3 is 12.1 Å². The van der Waals surface area contributed by atoms with Gasteiger partial charge in [-0.25, -0.2) is 19.2 Å². The summed E-state index contributed by atoms with van der Waals surface area (Å²) in [6.45, 7) is 7.83. The molecule has 214 valence electrons. The number of carbonyl (C=O) groups is 2. The standard InChI is InChI=1S/C27H30FN9O4/c1-12-31-8-14(9-32-12)40-24-34-21-19(22(35-24)37-10-16-17(11-37)27(16,30)23(29)38)15-6-13(28)7-18(20(15)33-21)36(5)25(39)41-26(2,3)4/h6-9,16-17H,10-11,30H2,1-5H3,(H2,29,38)(H,33,34,35)/t16-,17+,27-. The molecule has 3 atom stereocenters. The van der Waals surface area contributed by atoms with Crippen molar-refractivity contribution in [2.45, 2.75) is 38.8 Å². The lowest BCUT2D eigenvalue weighted by molar-refractivity contribution is -0.120. The number of aromatic nitrogens is 5. The molecule has 2 fully saturated rings. The molecule has 13 nitrogen and oxygen atoms in total. The number of nitrogens with two attached hydrogens (primary N) is 2. The number of halogens is 1. The largest absolute Gasteiger partial charge is 0.443 e. The van der Waals surface area contributed by atoms with E-state index in [4.69, 9.17) is 25.9 Å². The Morgan fingerprint density at radius 2 is 1.83 bits per heavy atom. The third-order valence-corrected chi connectivity index (χ3v) is 7.62. The van der Waals surface area contributed by atoms with Crippen molar-refractivity contribution in [3.05, 3.63) is 36.2 Å². The number of amides is 2. The zero-order valence-corrected chi connectivity index (χ0v) is 23.2. The van der Waals surface area contributed by atoms with E-state index in [2.05, 4.69) is 19.9 Å². The van der Waals surface area contributed by atoms with Gasteiger partial charge in [0.2, 0.25) is 5.91 Å². The number of rotatable bonds is 5. The Hall–Kier alpha value is -4.59. The number of ether oxygens (including phenoxy) is 2. The normalized spacial score (nSPS) is 21.7. The second-order valence-corrected chi connectivity index (χ2v) is 11.5. The number of carbonyl (C=O) groups excluding carboxylic acids is 2. The van der Waals surface area contributed by atoms with Gasteiger partial charge in [0.1, 0.15) is 34.2 Å². The molecule has 1 aliphatic carbocycles. The van der Waals surface area contributed by atoms with Crippen LogP contribution in [0.3, 0.4) is 0 Å². The van der Waals surface area contributed by atoms with Gasteiger partial charge in [0.15, 0.2) is 5.75 Å². The first-order valence-electron chi connectivity index (χ1n) is 13.1. The Morgan fingerprint density at radius 3 is 2.44 bits per heavy atom. The SMILES string of the molecule is Cc1ncc(Oc2nc(N3C[C@@H]4[C@H](C3)[C@@]4(N)C(N)=O)c3c(n2)[nH]c2c(N(C)C(=O)OC(C)(C)C)cc(F)cc23)cn1. The fourth-order valence-electron chi connectivity index (χ4n) is 5.52. The van der Waals surface area contributed by atoms with E-state index in [1.54, 1.807) is 27.7 Å². The molecule has 0 unspecified atom stereocenters. The molecule has 1 aromatic carbocycles. The molecular formula is C27H30FN9O4. The van der Waals surface area contributed by atoms with Crippen molar-refractivity contribution < 1.29 is 23.5 Å². The highest BCUT2D eigenvalue weighted by Crippen LogP contribution is 2.54. The molecule has 6 rings (SSSR count). The topological polar surface area (TPSA) is 178 Å². The van der Waals surface area contributed by atoms with Crippen LogP contribution in [-0.2, 0) is 9.53 Å². The van der Waals surface area contributed by atoms with Crippen LogP contribution in [0.15, 0.2) is 24.5 Å². The fraction of sp³-hybridized carbons (Fsp3) is 0.407. The first kappa shape index (κ1) is 26.6. The molecule has 5 N–H and O–H groups in total. The number of H-pyrrole nitrogens is 1. The monoisotopic (exact) mass is 563 g/mol. The highest BCUT2D eigenvalue weighted by molar-refractivity contribution is 6.16. The number of fused-ring (bicyclic) bond motifs is 4. The zero-order valence-electron chi connectivity index (χ0n) is 23.2. The number of aryl methyl sites for hydroxylation is 1. The van der Waals surface area contributed by atoms with Crippen LogP contribution in [-0.4, -0.2) is 68.2 Å². The number of primary amides is 1. The Balaban J connectivity index is 1.48. The van der Waals surface area contributed by atoms with Gasteiger partial charge in [0.25, 0.3) is 0 Å². The van der Waals surface area contributed by atoms with Crippen LogP contribution in [0.1, 0.15) is 26.6 Å². The van der Waals surface area contributed by atoms with Gasteiger partial charge in [-0.3, -0.25) is 9.69 Å². The predicted octanol–water partition coefficient (Wildman–Crippen LogP) is 2.76. The Labute approximate surface area is 234 Å². The quantitative estimate of drug-likeness (QED) is 0.327. The van der Waals surface area contributed by atoms with E-state index in [0.29, 0.717) is 52.4 Å². The minimum absolute atomic E-state index is 0.00325. The molecule has 4 heterocycles. The first-order chi connectivity index (χ1) is 19.3.